The van der Waals surface area contributed by atoms with Gasteiger partial charge in [-0.2, -0.15) is 0 Å². The van der Waals surface area contributed by atoms with Gasteiger partial charge in [-0.25, -0.2) is 24.1 Å². The average molecular weight is 667 g/mol. The molecular formula is C17H28N5O17P3. The molecule has 2 aromatic heterocycles. The Morgan fingerprint density at radius 1 is 0.881 bits per heavy atom. The van der Waals surface area contributed by atoms with Crippen LogP contribution in [-0.2, 0) is 41.5 Å². The molecule has 4 heterocycles. The number of fused-ring (bicyclic) bond motifs is 1. The first kappa shape index (κ1) is 33.4. The third-order valence-corrected chi connectivity index (χ3v) is 7.72. The van der Waals surface area contributed by atoms with Crippen LogP contribution in [0.4, 0.5) is 5.82 Å². The summed E-state index contributed by atoms with van der Waals surface area (Å²) in [7, 11) is -15.2. The molecule has 0 saturated carbocycles. The fourth-order valence-corrected chi connectivity index (χ4v) is 6.32. The van der Waals surface area contributed by atoms with Crippen LogP contribution in [0.5, 0.6) is 0 Å². The molecule has 0 amide bonds. The summed E-state index contributed by atoms with van der Waals surface area (Å²) in [6.45, 7) is -1.21. The van der Waals surface area contributed by atoms with Gasteiger partial charge in [-0.1, -0.05) is 0 Å². The maximum atomic E-state index is 12.0. The highest BCUT2D eigenvalue weighted by atomic mass is 31.2. The van der Waals surface area contributed by atoms with Gasteiger partial charge in [0.2, 0.25) is 0 Å². The number of phosphoric acid groups is 2. The van der Waals surface area contributed by atoms with E-state index in [9.17, 15) is 53.5 Å². The monoisotopic (exact) mass is 667 g/mol. The minimum Gasteiger partial charge on any atom is -0.394 e. The van der Waals surface area contributed by atoms with Crippen LogP contribution in [-0.4, -0.2) is 128 Å². The zero-order chi connectivity index (χ0) is 31.2. The molecule has 0 bridgehead atoms. The van der Waals surface area contributed by atoms with E-state index in [-0.39, 0.29) is 17.0 Å². The largest absolute Gasteiger partial charge is 0.470 e. The van der Waals surface area contributed by atoms with Crippen molar-refractivity contribution in [3.05, 3.63) is 12.7 Å². The summed E-state index contributed by atoms with van der Waals surface area (Å²) in [6, 6.07) is 0. The topological polar surface area (TPSA) is 338 Å². The first-order chi connectivity index (χ1) is 19.4. The van der Waals surface area contributed by atoms with Gasteiger partial charge in [0, 0.05) is 6.66 Å². The van der Waals surface area contributed by atoms with Crippen molar-refractivity contribution < 1.29 is 81.3 Å². The molecule has 1 unspecified atom stereocenters. The second kappa shape index (κ2) is 12.5. The highest BCUT2D eigenvalue weighted by molar-refractivity contribution is 7.51. The second-order valence-corrected chi connectivity index (χ2v) is 13.3. The summed E-state index contributed by atoms with van der Waals surface area (Å²) in [6.07, 6.45) is -14.3. The number of anilines is 1. The van der Waals surface area contributed by atoms with E-state index in [2.05, 4.69) is 19.5 Å². The predicted octanol–water partition coefficient (Wildman–Crippen LogP) is -3.08. The summed E-state index contributed by atoms with van der Waals surface area (Å²) in [5, 5.41) is 30.8. The Kier molecular flexibility index (Phi) is 9.91. The minimum atomic E-state index is -5.35. The number of imidazole rings is 1. The zero-order valence-corrected chi connectivity index (χ0v) is 23.9. The van der Waals surface area contributed by atoms with Crippen LogP contribution in [0.1, 0.15) is 6.23 Å². The number of hydrogen-bond donors (Lipinski definition) is 9. The molecular weight excluding hydrogens is 639 g/mol. The number of aliphatic hydroxyl groups excluding tert-OH is 3. The van der Waals surface area contributed by atoms with Crippen molar-refractivity contribution in [3.8, 4) is 0 Å². The molecule has 2 saturated heterocycles. The van der Waals surface area contributed by atoms with Crippen LogP contribution in [0, 0.1) is 0 Å². The second-order valence-electron chi connectivity index (χ2n) is 9.14. The van der Waals surface area contributed by atoms with E-state index >= 15 is 0 Å². The molecule has 10 N–H and O–H groups in total. The Bertz CT molecular complexity index is 1400. The first-order valence-corrected chi connectivity index (χ1v) is 16.8. The van der Waals surface area contributed by atoms with Crippen molar-refractivity contribution in [2.75, 3.05) is 25.6 Å². The Balaban J connectivity index is 1.71. The van der Waals surface area contributed by atoms with Crippen LogP contribution in [0.15, 0.2) is 12.7 Å². The van der Waals surface area contributed by atoms with Crippen molar-refractivity contribution in [3.63, 3.8) is 0 Å². The van der Waals surface area contributed by atoms with Gasteiger partial charge in [0.1, 0.15) is 54.6 Å². The van der Waals surface area contributed by atoms with E-state index in [0.717, 1.165) is 17.2 Å². The Morgan fingerprint density at radius 3 is 2.05 bits per heavy atom. The SMILES string of the molecule is CP(=O)(O)O[C@@H]1[C@@H](O)[C@@H](O[C@H]2[C@@H](OP(=O)(O)O)[C@H](n3cnc4c(N)ncnc43)O[C@@H]2CO)O[C@H](CO)[C@H]1OP(=O)(O)O. The van der Waals surface area contributed by atoms with Gasteiger partial charge < -0.3 is 59.7 Å². The summed E-state index contributed by atoms with van der Waals surface area (Å²) in [5.74, 6) is -0.0419. The molecule has 4 rings (SSSR count). The summed E-state index contributed by atoms with van der Waals surface area (Å²) in [4.78, 5) is 59.5. The average Bonchev–Trinajstić information content (AvgIpc) is 3.42. The number of phosphoric ester groups is 2. The smallest absolute Gasteiger partial charge is 0.394 e. The Hall–Kier alpha value is -1.52. The number of nitrogen functional groups attached to an aromatic ring is 1. The molecule has 0 radical (unpaired) electrons. The lowest BCUT2D eigenvalue weighted by Crippen LogP contribution is -2.61. The van der Waals surface area contributed by atoms with E-state index in [1.54, 1.807) is 0 Å². The lowest BCUT2D eigenvalue weighted by atomic mass is 9.99. The Labute approximate surface area is 234 Å². The molecule has 10 atom stereocenters. The van der Waals surface area contributed by atoms with E-state index in [1.165, 1.54) is 0 Å². The first-order valence-electron chi connectivity index (χ1n) is 11.7. The number of aromatic nitrogens is 4. The van der Waals surface area contributed by atoms with Crippen molar-refractivity contribution in [2.45, 2.75) is 55.2 Å². The fraction of sp³-hybridized carbons (Fsp3) is 0.706. The van der Waals surface area contributed by atoms with Gasteiger partial charge >= 0.3 is 23.2 Å². The Morgan fingerprint density at radius 2 is 1.48 bits per heavy atom. The number of aliphatic hydroxyl groups is 3. The number of ether oxygens (including phenoxy) is 3. The lowest BCUT2D eigenvalue weighted by molar-refractivity contribution is -0.312. The number of nitrogens with zero attached hydrogens (tertiary/aromatic N) is 4. The van der Waals surface area contributed by atoms with E-state index in [4.69, 9.17) is 29.0 Å². The molecule has 0 aromatic carbocycles. The normalized spacial score (nSPS) is 34.1. The fourth-order valence-electron chi connectivity index (χ4n) is 4.51. The van der Waals surface area contributed by atoms with Crippen LogP contribution in [0.3, 0.4) is 0 Å². The van der Waals surface area contributed by atoms with Crippen LogP contribution in [0.25, 0.3) is 11.2 Å². The molecule has 2 aliphatic rings. The summed E-state index contributed by atoms with van der Waals surface area (Å²) < 4.78 is 68.0. The maximum Gasteiger partial charge on any atom is 0.470 e. The molecule has 0 aliphatic carbocycles. The quantitative estimate of drug-likeness (QED) is 0.107. The number of nitrogens with two attached hydrogens (primary N) is 1. The third-order valence-electron chi connectivity index (χ3n) is 6.05. The molecule has 0 spiro atoms. The highest BCUT2D eigenvalue weighted by Crippen LogP contribution is 2.49. The molecule has 22 nitrogen and oxygen atoms in total. The summed E-state index contributed by atoms with van der Waals surface area (Å²) in [5.41, 5.74) is 5.91. The molecule has 2 fully saturated rings. The number of rotatable bonds is 11. The van der Waals surface area contributed by atoms with E-state index in [0.29, 0.717) is 6.66 Å². The standard InChI is InChI=1S/C17H28N5O17P3/c1-40(26,27)37-12-9(25)17(35-7(3-24)11(12)38-41(28,29)30)36-10-6(2-23)34-16(13(10)39-42(31,32)33)22-5-21-8-14(18)19-4-20-15(8)22/h4-7,9-13,16-17,23-25H,2-3H2,1H3,(H,26,27)(H2,18,19,20)(H2,28,29,30)(H2,31,32,33)/t6-,7-,9-,10-,11-,12-,13-,16-,17-/m1/s1. The van der Waals surface area contributed by atoms with E-state index < -0.39 is 91.7 Å². The van der Waals surface area contributed by atoms with Crippen LogP contribution in [0.2, 0.25) is 0 Å². The van der Waals surface area contributed by atoms with Crippen LogP contribution >= 0.6 is 23.2 Å². The lowest BCUT2D eigenvalue weighted by Gasteiger charge is -2.44. The molecule has 238 valence electrons. The molecule has 2 aromatic rings. The van der Waals surface area contributed by atoms with Gasteiger partial charge in [0.25, 0.3) is 0 Å². The van der Waals surface area contributed by atoms with Gasteiger partial charge in [0.15, 0.2) is 24.0 Å². The van der Waals surface area contributed by atoms with Crippen LogP contribution < -0.4 is 5.73 Å². The highest BCUT2D eigenvalue weighted by Gasteiger charge is 2.56. The molecule has 25 heteroatoms. The third kappa shape index (κ3) is 7.57. The zero-order valence-electron chi connectivity index (χ0n) is 21.2. The van der Waals surface area contributed by atoms with Crippen molar-refractivity contribution >= 4 is 40.2 Å². The van der Waals surface area contributed by atoms with Gasteiger partial charge in [-0.3, -0.25) is 22.7 Å². The summed E-state index contributed by atoms with van der Waals surface area (Å²) >= 11 is 0. The molecule has 2 aliphatic heterocycles. The van der Waals surface area contributed by atoms with Crippen molar-refractivity contribution in [1.82, 2.24) is 19.5 Å². The maximum absolute atomic E-state index is 12.0. The number of hydrogen-bond acceptors (Lipinski definition) is 16. The predicted molar refractivity (Wildman–Crippen MR) is 132 cm³/mol. The van der Waals surface area contributed by atoms with Crippen molar-refractivity contribution in [2.24, 2.45) is 0 Å². The van der Waals surface area contributed by atoms with Gasteiger partial charge in [-0.05, 0) is 0 Å². The van der Waals surface area contributed by atoms with Gasteiger partial charge in [-0.15, -0.1) is 0 Å². The van der Waals surface area contributed by atoms with E-state index in [1.807, 2.05) is 0 Å². The van der Waals surface area contributed by atoms with Gasteiger partial charge in [0.05, 0.1) is 19.5 Å². The van der Waals surface area contributed by atoms with Crippen molar-refractivity contribution in [1.29, 1.82) is 0 Å². The molecule has 42 heavy (non-hydrogen) atoms. The minimum absolute atomic E-state index is 0.0333.